The summed E-state index contributed by atoms with van der Waals surface area (Å²) in [5.41, 5.74) is 5.83. The molecule has 2 aromatic carbocycles. The fraction of sp³-hybridized carbons (Fsp3) is 0.381. The van der Waals surface area contributed by atoms with Gasteiger partial charge in [0, 0.05) is 18.3 Å². The average molecular weight is 288 g/mol. The molecule has 0 radical (unpaired) electrons. The van der Waals surface area contributed by atoms with Gasteiger partial charge in [0.15, 0.2) is 0 Å². The molecule has 110 valence electrons. The predicted molar refractivity (Wildman–Crippen MR) is 89.1 cm³/mol. The first-order valence-corrected chi connectivity index (χ1v) is 8.38. The van der Waals surface area contributed by atoms with Crippen molar-refractivity contribution in [2.24, 2.45) is 5.92 Å². The number of hydrogen-bond donors (Lipinski definition) is 0. The van der Waals surface area contributed by atoms with E-state index in [1.165, 1.54) is 40.3 Å². The predicted octanol–water partition coefficient (Wildman–Crippen LogP) is 4.64. The maximum absolute atomic E-state index is 12.4. The molecular formula is C21H20O. The van der Waals surface area contributed by atoms with Gasteiger partial charge in [0.05, 0.1) is 0 Å². The molecule has 2 bridgehead atoms. The SMILES string of the molecule is Cc1cccc2cc3c(cc12)C1(CC(=O)C3)CC2=CCC1C2. The number of fused-ring (bicyclic) bond motifs is 6. The Morgan fingerprint density at radius 1 is 1.18 bits per heavy atom. The number of Topliss-reactive ketones (excluding diaryl/α,β-unsaturated/α-hetero) is 1. The lowest BCUT2D eigenvalue weighted by molar-refractivity contribution is -0.120. The van der Waals surface area contributed by atoms with Crippen molar-refractivity contribution in [1.29, 1.82) is 0 Å². The van der Waals surface area contributed by atoms with E-state index in [4.69, 9.17) is 0 Å². The Kier molecular flexibility index (Phi) is 2.35. The summed E-state index contributed by atoms with van der Waals surface area (Å²) in [5, 5.41) is 2.65. The lowest BCUT2D eigenvalue weighted by Gasteiger charge is -2.41. The molecule has 5 rings (SSSR count). The van der Waals surface area contributed by atoms with Crippen LogP contribution in [0.3, 0.4) is 0 Å². The number of carbonyl (C=O) groups excluding carboxylic acids is 1. The van der Waals surface area contributed by atoms with Crippen LogP contribution in [0.25, 0.3) is 10.8 Å². The van der Waals surface area contributed by atoms with Crippen molar-refractivity contribution in [2.45, 2.75) is 44.4 Å². The van der Waals surface area contributed by atoms with Crippen molar-refractivity contribution in [3.63, 3.8) is 0 Å². The lowest BCUT2D eigenvalue weighted by Crippen LogP contribution is -2.39. The summed E-state index contributed by atoms with van der Waals surface area (Å²) in [7, 11) is 0. The third kappa shape index (κ3) is 1.52. The molecule has 1 nitrogen and oxygen atoms in total. The Balaban J connectivity index is 1.81. The van der Waals surface area contributed by atoms with Crippen molar-refractivity contribution in [1.82, 2.24) is 0 Å². The standard InChI is InChI=1S/C21H20O/c1-13-3-2-4-15-8-16-9-18(22)12-21(20(16)10-19(13)15)11-14-5-6-17(21)7-14/h2-5,8,10,17H,6-7,9,11-12H2,1H3. The van der Waals surface area contributed by atoms with E-state index in [1.807, 2.05) is 0 Å². The van der Waals surface area contributed by atoms with Gasteiger partial charge < -0.3 is 0 Å². The van der Waals surface area contributed by atoms with E-state index in [1.54, 1.807) is 5.57 Å². The fourth-order valence-corrected chi connectivity index (χ4v) is 5.29. The number of rotatable bonds is 0. The highest BCUT2D eigenvalue weighted by molar-refractivity contribution is 5.92. The van der Waals surface area contributed by atoms with Crippen molar-refractivity contribution in [3.8, 4) is 0 Å². The summed E-state index contributed by atoms with van der Waals surface area (Å²) < 4.78 is 0. The first kappa shape index (κ1) is 12.6. The number of allylic oxidation sites excluding steroid dienone is 2. The number of carbonyl (C=O) groups is 1. The number of hydrogen-bond acceptors (Lipinski definition) is 1. The molecular weight excluding hydrogens is 268 g/mol. The quantitative estimate of drug-likeness (QED) is 0.645. The Morgan fingerprint density at radius 2 is 2.09 bits per heavy atom. The zero-order valence-electron chi connectivity index (χ0n) is 13.0. The van der Waals surface area contributed by atoms with Gasteiger partial charge in [-0.3, -0.25) is 4.79 Å². The van der Waals surface area contributed by atoms with Gasteiger partial charge in [-0.1, -0.05) is 42.0 Å². The van der Waals surface area contributed by atoms with Gasteiger partial charge in [-0.15, -0.1) is 0 Å². The molecule has 3 aliphatic carbocycles. The second-order valence-corrected chi connectivity index (χ2v) is 7.53. The van der Waals surface area contributed by atoms with Crippen LogP contribution < -0.4 is 0 Å². The molecule has 3 aliphatic rings. The van der Waals surface area contributed by atoms with Crippen molar-refractivity contribution in [3.05, 3.63) is 58.7 Å². The van der Waals surface area contributed by atoms with Crippen LogP contribution in [0.2, 0.25) is 0 Å². The van der Waals surface area contributed by atoms with Crippen LogP contribution in [-0.4, -0.2) is 5.78 Å². The molecule has 0 N–H and O–H groups in total. The number of benzene rings is 2. The van der Waals surface area contributed by atoms with E-state index >= 15 is 0 Å². The highest BCUT2D eigenvalue weighted by atomic mass is 16.1. The van der Waals surface area contributed by atoms with Gasteiger partial charge in [-0.05, 0) is 59.6 Å². The highest BCUT2D eigenvalue weighted by Crippen LogP contribution is 2.58. The summed E-state index contributed by atoms with van der Waals surface area (Å²) in [5.74, 6) is 1.10. The fourth-order valence-electron chi connectivity index (χ4n) is 5.29. The topological polar surface area (TPSA) is 17.1 Å². The summed E-state index contributed by atoms with van der Waals surface area (Å²) >= 11 is 0. The third-order valence-corrected chi connectivity index (χ3v) is 6.28. The third-order valence-electron chi connectivity index (χ3n) is 6.28. The van der Waals surface area contributed by atoms with Crippen molar-refractivity contribution >= 4 is 16.6 Å². The van der Waals surface area contributed by atoms with E-state index in [9.17, 15) is 4.79 Å². The molecule has 1 heteroatoms. The molecule has 0 heterocycles. The van der Waals surface area contributed by atoms with Gasteiger partial charge in [-0.2, -0.15) is 0 Å². The monoisotopic (exact) mass is 288 g/mol. The first-order valence-electron chi connectivity index (χ1n) is 8.38. The van der Waals surface area contributed by atoms with Crippen LogP contribution in [0.4, 0.5) is 0 Å². The van der Waals surface area contributed by atoms with Gasteiger partial charge in [0.1, 0.15) is 5.78 Å². The molecule has 0 aromatic heterocycles. The Labute approximate surface area is 131 Å². The molecule has 1 saturated carbocycles. The van der Waals surface area contributed by atoms with Gasteiger partial charge in [0.2, 0.25) is 0 Å². The van der Waals surface area contributed by atoms with Crippen LogP contribution in [0, 0.1) is 12.8 Å². The Bertz CT molecular complexity index is 858. The lowest BCUT2D eigenvalue weighted by atomic mass is 9.62. The van der Waals surface area contributed by atoms with E-state index in [0.717, 1.165) is 12.8 Å². The molecule has 1 spiro atoms. The van der Waals surface area contributed by atoms with Gasteiger partial charge in [0.25, 0.3) is 0 Å². The normalized spacial score (nSPS) is 29.2. The summed E-state index contributed by atoms with van der Waals surface area (Å²) in [6, 6.07) is 11.2. The van der Waals surface area contributed by atoms with Crippen molar-refractivity contribution < 1.29 is 4.79 Å². The molecule has 0 aliphatic heterocycles. The highest BCUT2D eigenvalue weighted by Gasteiger charge is 2.51. The molecule has 0 saturated heterocycles. The molecule has 1 fully saturated rings. The van der Waals surface area contributed by atoms with Gasteiger partial charge >= 0.3 is 0 Å². The summed E-state index contributed by atoms with van der Waals surface area (Å²) in [4.78, 5) is 12.4. The van der Waals surface area contributed by atoms with E-state index in [0.29, 0.717) is 18.1 Å². The maximum atomic E-state index is 12.4. The Morgan fingerprint density at radius 3 is 2.86 bits per heavy atom. The van der Waals surface area contributed by atoms with Crippen molar-refractivity contribution in [2.75, 3.05) is 0 Å². The van der Waals surface area contributed by atoms with E-state index in [-0.39, 0.29) is 5.41 Å². The molecule has 2 atom stereocenters. The second kappa shape index (κ2) is 4.10. The van der Waals surface area contributed by atoms with Crippen LogP contribution in [0.15, 0.2) is 42.0 Å². The number of ketones is 1. The molecule has 2 unspecified atom stereocenters. The molecule has 0 amide bonds. The first-order chi connectivity index (χ1) is 10.7. The largest absolute Gasteiger partial charge is 0.299 e. The zero-order chi connectivity index (χ0) is 14.9. The molecule has 22 heavy (non-hydrogen) atoms. The maximum Gasteiger partial charge on any atom is 0.138 e. The van der Waals surface area contributed by atoms with Crippen LogP contribution in [-0.2, 0) is 16.6 Å². The summed E-state index contributed by atoms with van der Waals surface area (Å²) in [6.45, 7) is 2.19. The minimum Gasteiger partial charge on any atom is -0.299 e. The van der Waals surface area contributed by atoms with E-state index in [2.05, 4.69) is 43.3 Å². The zero-order valence-corrected chi connectivity index (χ0v) is 13.0. The number of aryl methyl sites for hydroxylation is 1. The van der Waals surface area contributed by atoms with Crippen LogP contribution in [0.1, 0.15) is 42.4 Å². The second-order valence-electron chi connectivity index (χ2n) is 7.53. The molecule has 2 aromatic rings. The summed E-state index contributed by atoms with van der Waals surface area (Å²) in [6.07, 6.45) is 7.33. The average Bonchev–Trinajstić information content (AvgIpc) is 3.07. The minimum atomic E-state index is 0.116. The Hall–Kier alpha value is -1.89. The van der Waals surface area contributed by atoms with Crippen LogP contribution >= 0.6 is 0 Å². The smallest absolute Gasteiger partial charge is 0.138 e. The van der Waals surface area contributed by atoms with Gasteiger partial charge in [-0.25, -0.2) is 0 Å². The van der Waals surface area contributed by atoms with Crippen LogP contribution in [0.5, 0.6) is 0 Å². The van der Waals surface area contributed by atoms with E-state index < -0.39 is 0 Å². The minimum absolute atomic E-state index is 0.116.